The average molecular weight is 269 g/mol. The van der Waals surface area contributed by atoms with Crippen LogP contribution in [-0.2, 0) is 7.05 Å². The average Bonchev–Trinajstić information content (AvgIpc) is 2.77. The number of amides is 1. The van der Waals surface area contributed by atoms with Crippen molar-refractivity contribution in [2.24, 2.45) is 7.05 Å². The van der Waals surface area contributed by atoms with Gasteiger partial charge in [-0.3, -0.25) is 9.48 Å². The third kappa shape index (κ3) is 2.38. The van der Waals surface area contributed by atoms with Gasteiger partial charge in [0.1, 0.15) is 5.82 Å². The zero-order chi connectivity index (χ0) is 14.1. The van der Waals surface area contributed by atoms with Gasteiger partial charge in [-0.15, -0.1) is 0 Å². The number of aromatic nitrogens is 2. The minimum absolute atomic E-state index is 0.289. The summed E-state index contributed by atoms with van der Waals surface area (Å²) in [7, 11) is 1.83. The highest BCUT2D eigenvalue weighted by Crippen LogP contribution is 2.16. The van der Waals surface area contributed by atoms with E-state index in [-0.39, 0.29) is 11.7 Å². The molecule has 0 radical (unpaired) electrons. The number of carbonyl (C=O) groups is 1. The Morgan fingerprint density at radius 1 is 1.25 bits per heavy atom. The van der Waals surface area contributed by atoms with Crippen LogP contribution in [0.15, 0.2) is 48.7 Å². The van der Waals surface area contributed by atoms with E-state index >= 15 is 0 Å². The second-order valence-corrected chi connectivity index (χ2v) is 4.54. The zero-order valence-electron chi connectivity index (χ0n) is 10.8. The molecule has 0 spiro atoms. The van der Waals surface area contributed by atoms with Crippen LogP contribution in [0.5, 0.6) is 0 Å². The first-order valence-corrected chi connectivity index (χ1v) is 6.12. The molecule has 0 aliphatic carbocycles. The van der Waals surface area contributed by atoms with Crippen LogP contribution in [0.3, 0.4) is 0 Å². The number of anilines is 1. The summed E-state index contributed by atoms with van der Waals surface area (Å²) in [5.74, 6) is -0.675. The predicted octanol–water partition coefficient (Wildman–Crippen LogP) is 2.96. The number of nitrogens with zero attached hydrogens (tertiary/aromatic N) is 2. The van der Waals surface area contributed by atoms with E-state index in [1.807, 2.05) is 19.3 Å². The van der Waals surface area contributed by atoms with E-state index in [9.17, 15) is 9.18 Å². The summed E-state index contributed by atoms with van der Waals surface area (Å²) in [4.78, 5) is 12.1. The van der Waals surface area contributed by atoms with Crippen LogP contribution in [0.4, 0.5) is 10.1 Å². The summed E-state index contributed by atoms with van der Waals surface area (Å²) >= 11 is 0. The Bertz CT molecular complexity index is 795. The Kier molecular flexibility index (Phi) is 2.95. The van der Waals surface area contributed by atoms with Crippen molar-refractivity contribution in [2.75, 3.05) is 5.32 Å². The van der Waals surface area contributed by atoms with E-state index in [1.54, 1.807) is 28.9 Å². The molecule has 4 nitrogen and oxygen atoms in total. The molecule has 0 unspecified atom stereocenters. The minimum atomic E-state index is -0.386. The van der Waals surface area contributed by atoms with Crippen LogP contribution in [-0.4, -0.2) is 15.7 Å². The molecular formula is C15H12FN3O. The van der Waals surface area contributed by atoms with E-state index < -0.39 is 0 Å². The van der Waals surface area contributed by atoms with Gasteiger partial charge in [-0.25, -0.2) is 4.39 Å². The molecule has 0 aliphatic rings. The molecule has 5 heteroatoms. The summed E-state index contributed by atoms with van der Waals surface area (Å²) in [5.41, 5.74) is 1.66. The molecule has 3 aromatic rings. The maximum Gasteiger partial charge on any atom is 0.255 e. The molecule has 0 fully saturated rings. The third-order valence-electron chi connectivity index (χ3n) is 2.97. The Hall–Kier alpha value is -2.69. The first-order chi connectivity index (χ1) is 9.61. The smallest absolute Gasteiger partial charge is 0.255 e. The highest BCUT2D eigenvalue weighted by molar-refractivity contribution is 6.06. The molecule has 100 valence electrons. The first kappa shape index (κ1) is 12.3. The SMILES string of the molecule is Cn1cc2ccc(C(=O)Nc3cccc(F)c3)cc2n1. The fourth-order valence-electron chi connectivity index (χ4n) is 2.05. The quantitative estimate of drug-likeness (QED) is 0.777. The fraction of sp³-hybridized carbons (Fsp3) is 0.0667. The lowest BCUT2D eigenvalue weighted by molar-refractivity contribution is 0.102. The monoisotopic (exact) mass is 269 g/mol. The summed E-state index contributed by atoms with van der Waals surface area (Å²) in [5, 5.41) is 7.88. The van der Waals surface area contributed by atoms with Crippen LogP contribution < -0.4 is 5.32 Å². The minimum Gasteiger partial charge on any atom is -0.322 e. The zero-order valence-corrected chi connectivity index (χ0v) is 10.8. The number of aryl methyl sites for hydroxylation is 1. The van der Waals surface area contributed by atoms with Crippen molar-refractivity contribution in [1.82, 2.24) is 9.78 Å². The van der Waals surface area contributed by atoms with Crippen LogP contribution >= 0.6 is 0 Å². The van der Waals surface area contributed by atoms with Gasteiger partial charge in [0.15, 0.2) is 0 Å². The highest BCUT2D eigenvalue weighted by atomic mass is 19.1. The van der Waals surface area contributed by atoms with E-state index in [1.165, 1.54) is 12.1 Å². The number of hydrogen-bond donors (Lipinski definition) is 1. The molecule has 1 heterocycles. The topological polar surface area (TPSA) is 46.9 Å². The van der Waals surface area contributed by atoms with Crippen molar-refractivity contribution in [3.63, 3.8) is 0 Å². The van der Waals surface area contributed by atoms with E-state index in [4.69, 9.17) is 0 Å². The van der Waals surface area contributed by atoms with Gasteiger partial charge >= 0.3 is 0 Å². The van der Waals surface area contributed by atoms with Gasteiger partial charge in [0.05, 0.1) is 5.52 Å². The second-order valence-electron chi connectivity index (χ2n) is 4.54. The molecule has 3 rings (SSSR count). The normalized spacial score (nSPS) is 10.7. The van der Waals surface area contributed by atoms with Gasteiger partial charge < -0.3 is 5.32 Å². The van der Waals surface area contributed by atoms with Gasteiger partial charge in [0, 0.05) is 29.9 Å². The van der Waals surface area contributed by atoms with Crippen molar-refractivity contribution in [2.45, 2.75) is 0 Å². The van der Waals surface area contributed by atoms with Gasteiger partial charge in [-0.1, -0.05) is 12.1 Å². The molecule has 1 aromatic heterocycles. The third-order valence-corrected chi connectivity index (χ3v) is 2.97. The van der Waals surface area contributed by atoms with Gasteiger partial charge in [0.25, 0.3) is 5.91 Å². The van der Waals surface area contributed by atoms with Crippen LogP contribution in [0, 0.1) is 5.82 Å². The fourth-order valence-corrected chi connectivity index (χ4v) is 2.05. The largest absolute Gasteiger partial charge is 0.322 e. The Balaban J connectivity index is 1.88. The molecule has 0 bridgehead atoms. The van der Waals surface area contributed by atoms with Crippen LogP contribution in [0.2, 0.25) is 0 Å². The number of nitrogens with one attached hydrogen (secondary N) is 1. The molecule has 0 aliphatic heterocycles. The lowest BCUT2D eigenvalue weighted by Gasteiger charge is -2.05. The predicted molar refractivity (Wildman–Crippen MR) is 75.1 cm³/mol. The van der Waals surface area contributed by atoms with Gasteiger partial charge in [0.2, 0.25) is 0 Å². The summed E-state index contributed by atoms with van der Waals surface area (Å²) < 4.78 is 14.8. The maximum absolute atomic E-state index is 13.1. The van der Waals surface area contributed by atoms with Crippen LogP contribution in [0.1, 0.15) is 10.4 Å². The number of halogens is 1. The number of hydrogen-bond acceptors (Lipinski definition) is 2. The van der Waals surface area contributed by atoms with E-state index in [0.717, 1.165) is 10.9 Å². The molecule has 20 heavy (non-hydrogen) atoms. The Labute approximate surface area is 114 Å². The van der Waals surface area contributed by atoms with Gasteiger partial charge in [-0.05, 0) is 30.3 Å². The standard InChI is InChI=1S/C15H12FN3O/c1-19-9-11-6-5-10(7-14(11)18-19)15(20)17-13-4-2-3-12(16)8-13/h2-9H,1H3,(H,17,20). The lowest BCUT2D eigenvalue weighted by atomic mass is 10.1. The summed E-state index contributed by atoms with van der Waals surface area (Å²) in [6.45, 7) is 0. The van der Waals surface area contributed by atoms with E-state index in [2.05, 4.69) is 10.4 Å². The molecule has 1 amide bonds. The number of carbonyl (C=O) groups excluding carboxylic acids is 1. The van der Waals surface area contributed by atoms with E-state index in [0.29, 0.717) is 11.3 Å². The first-order valence-electron chi connectivity index (χ1n) is 6.12. The molecule has 0 atom stereocenters. The van der Waals surface area contributed by atoms with Crippen molar-refractivity contribution in [3.8, 4) is 0 Å². The summed E-state index contributed by atoms with van der Waals surface area (Å²) in [6, 6.07) is 11.1. The molecular weight excluding hydrogens is 257 g/mol. The molecule has 2 aromatic carbocycles. The molecule has 0 saturated heterocycles. The second kappa shape index (κ2) is 4.77. The Morgan fingerprint density at radius 2 is 2.10 bits per heavy atom. The van der Waals surface area contributed by atoms with Crippen molar-refractivity contribution >= 4 is 22.5 Å². The maximum atomic E-state index is 13.1. The summed E-state index contributed by atoms with van der Waals surface area (Å²) in [6.07, 6.45) is 1.88. The highest BCUT2D eigenvalue weighted by Gasteiger charge is 2.08. The molecule has 1 N–H and O–H groups in total. The number of fused-ring (bicyclic) bond motifs is 1. The Morgan fingerprint density at radius 3 is 2.90 bits per heavy atom. The van der Waals surface area contributed by atoms with Crippen LogP contribution in [0.25, 0.3) is 10.9 Å². The number of benzene rings is 2. The van der Waals surface area contributed by atoms with Crippen molar-refractivity contribution in [1.29, 1.82) is 0 Å². The van der Waals surface area contributed by atoms with Crippen molar-refractivity contribution < 1.29 is 9.18 Å². The van der Waals surface area contributed by atoms with Crippen molar-refractivity contribution in [3.05, 3.63) is 60.0 Å². The lowest BCUT2D eigenvalue weighted by Crippen LogP contribution is -2.11. The number of rotatable bonds is 2. The van der Waals surface area contributed by atoms with Gasteiger partial charge in [-0.2, -0.15) is 5.10 Å². The molecule has 0 saturated carbocycles.